The van der Waals surface area contributed by atoms with Crippen molar-refractivity contribution in [2.45, 2.75) is 25.8 Å². The topological polar surface area (TPSA) is 86.7 Å². The van der Waals surface area contributed by atoms with E-state index in [1.165, 1.54) is 15.6 Å². The van der Waals surface area contributed by atoms with Gasteiger partial charge in [0.2, 0.25) is 0 Å². The Morgan fingerprint density at radius 1 is 1.60 bits per heavy atom. The molecule has 0 spiro atoms. The molecule has 1 aromatic rings. The Balaban J connectivity index is 2.04. The van der Waals surface area contributed by atoms with Crippen LogP contribution in [0.25, 0.3) is 0 Å². The molecule has 1 aliphatic rings. The quantitative estimate of drug-likeness (QED) is 0.860. The van der Waals surface area contributed by atoms with Gasteiger partial charge in [-0.15, -0.1) is 0 Å². The largest absolute Gasteiger partial charge is 0.481 e. The highest BCUT2D eigenvalue weighted by Crippen LogP contribution is 2.21. The van der Waals surface area contributed by atoms with Gasteiger partial charge in [-0.05, 0) is 42.2 Å². The van der Waals surface area contributed by atoms with E-state index in [9.17, 15) is 13.2 Å². The van der Waals surface area contributed by atoms with E-state index in [0.717, 1.165) is 5.56 Å². The number of nitrogens with zero attached hydrogens (tertiary/aromatic N) is 1. The van der Waals surface area contributed by atoms with Crippen molar-refractivity contribution in [3.8, 4) is 0 Å². The summed E-state index contributed by atoms with van der Waals surface area (Å²) >= 11 is 1.51. The van der Waals surface area contributed by atoms with Crippen LogP contribution in [0.15, 0.2) is 16.8 Å². The van der Waals surface area contributed by atoms with Crippen LogP contribution in [-0.4, -0.2) is 36.9 Å². The molecule has 0 amide bonds. The van der Waals surface area contributed by atoms with Gasteiger partial charge in [-0.3, -0.25) is 4.79 Å². The van der Waals surface area contributed by atoms with E-state index in [1.54, 1.807) is 6.92 Å². The van der Waals surface area contributed by atoms with Gasteiger partial charge in [0.15, 0.2) is 0 Å². The molecule has 0 bridgehead atoms. The number of rotatable bonds is 5. The third-order valence-corrected chi connectivity index (χ3v) is 5.81. The van der Waals surface area contributed by atoms with Gasteiger partial charge in [-0.2, -0.15) is 28.8 Å². The summed E-state index contributed by atoms with van der Waals surface area (Å²) in [4.78, 5) is 11.0. The van der Waals surface area contributed by atoms with E-state index in [-0.39, 0.29) is 12.6 Å². The van der Waals surface area contributed by atoms with Gasteiger partial charge in [0.1, 0.15) is 0 Å². The number of piperidine rings is 1. The molecular formula is C12H18N2O4S2. The molecule has 0 aromatic carbocycles. The van der Waals surface area contributed by atoms with E-state index >= 15 is 0 Å². The Bertz CT molecular complexity index is 556. The minimum atomic E-state index is -3.65. The van der Waals surface area contributed by atoms with Crippen LogP contribution in [0.2, 0.25) is 0 Å². The Morgan fingerprint density at radius 3 is 2.95 bits per heavy atom. The van der Waals surface area contributed by atoms with Gasteiger partial charge in [0.25, 0.3) is 10.2 Å². The molecule has 2 rings (SSSR count). The van der Waals surface area contributed by atoms with Crippen molar-refractivity contribution in [3.63, 3.8) is 0 Å². The number of aliphatic carboxylic acids is 1. The van der Waals surface area contributed by atoms with Crippen LogP contribution in [0.4, 0.5) is 0 Å². The minimum absolute atomic E-state index is 0.0427. The first-order chi connectivity index (χ1) is 9.40. The first-order valence-corrected chi connectivity index (χ1v) is 8.81. The summed E-state index contributed by atoms with van der Waals surface area (Å²) < 4.78 is 28.4. The molecule has 20 heavy (non-hydrogen) atoms. The lowest BCUT2D eigenvalue weighted by molar-refractivity contribution is -0.142. The molecule has 2 unspecified atom stereocenters. The molecule has 2 N–H and O–H groups in total. The number of hydrogen-bond donors (Lipinski definition) is 2. The summed E-state index contributed by atoms with van der Waals surface area (Å²) in [6.45, 7) is 2.19. The highest BCUT2D eigenvalue weighted by molar-refractivity contribution is 7.87. The first kappa shape index (κ1) is 15.4. The van der Waals surface area contributed by atoms with E-state index in [4.69, 9.17) is 5.11 Å². The van der Waals surface area contributed by atoms with Gasteiger partial charge in [0.05, 0.1) is 5.92 Å². The van der Waals surface area contributed by atoms with E-state index in [1.807, 2.05) is 16.8 Å². The average Bonchev–Trinajstić information content (AvgIpc) is 2.92. The predicted molar refractivity (Wildman–Crippen MR) is 76.7 cm³/mol. The van der Waals surface area contributed by atoms with Gasteiger partial charge in [0, 0.05) is 19.1 Å². The van der Waals surface area contributed by atoms with E-state index in [0.29, 0.717) is 19.4 Å². The third kappa shape index (κ3) is 3.57. The molecule has 1 fully saturated rings. The minimum Gasteiger partial charge on any atom is -0.481 e. The fraction of sp³-hybridized carbons (Fsp3) is 0.583. The SMILES string of the molecule is CC(NS(=O)(=O)N1CCCC(C(=O)O)C1)c1ccsc1. The number of nitrogens with one attached hydrogen (secondary N) is 1. The van der Waals surface area contributed by atoms with Crippen LogP contribution in [0.3, 0.4) is 0 Å². The summed E-state index contributed by atoms with van der Waals surface area (Å²) in [5.41, 5.74) is 0.908. The van der Waals surface area contributed by atoms with Crippen molar-refractivity contribution in [2.24, 2.45) is 5.92 Å². The van der Waals surface area contributed by atoms with Crippen molar-refractivity contribution < 1.29 is 18.3 Å². The van der Waals surface area contributed by atoms with E-state index < -0.39 is 22.1 Å². The second-order valence-electron chi connectivity index (χ2n) is 4.94. The number of carbonyl (C=O) groups is 1. The van der Waals surface area contributed by atoms with Gasteiger partial charge in [-0.25, -0.2) is 0 Å². The first-order valence-electron chi connectivity index (χ1n) is 6.42. The molecule has 1 saturated heterocycles. The Labute approximate surface area is 122 Å². The second-order valence-corrected chi connectivity index (χ2v) is 7.42. The highest BCUT2D eigenvalue weighted by Gasteiger charge is 2.32. The summed E-state index contributed by atoms with van der Waals surface area (Å²) in [5.74, 6) is -1.55. The van der Waals surface area contributed by atoms with Crippen LogP contribution in [0.5, 0.6) is 0 Å². The molecule has 1 aliphatic heterocycles. The van der Waals surface area contributed by atoms with Crippen molar-refractivity contribution in [1.29, 1.82) is 0 Å². The van der Waals surface area contributed by atoms with Crippen molar-refractivity contribution >= 4 is 27.5 Å². The number of carboxylic acids is 1. The maximum Gasteiger partial charge on any atom is 0.307 e. The third-order valence-electron chi connectivity index (χ3n) is 3.44. The zero-order valence-corrected chi connectivity index (χ0v) is 12.8. The van der Waals surface area contributed by atoms with Crippen LogP contribution in [-0.2, 0) is 15.0 Å². The van der Waals surface area contributed by atoms with Crippen molar-refractivity contribution in [2.75, 3.05) is 13.1 Å². The predicted octanol–water partition coefficient (Wildman–Crippen LogP) is 1.44. The second kappa shape index (κ2) is 6.21. The van der Waals surface area contributed by atoms with Crippen molar-refractivity contribution in [3.05, 3.63) is 22.4 Å². The van der Waals surface area contributed by atoms with Gasteiger partial charge in [-0.1, -0.05) is 0 Å². The molecule has 1 aromatic heterocycles. The Hall–Kier alpha value is -0.960. The fourth-order valence-electron chi connectivity index (χ4n) is 2.25. The maximum atomic E-state index is 12.3. The summed E-state index contributed by atoms with van der Waals surface area (Å²) in [6.07, 6.45) is 1.10. The van der Waals surface area contributed by atoms with Gasteiger partial charge < -0.3 is 5.11 Å². The molecule has 6 nitrogen and oxygen atoms in total. The summed E-state index contributed by atoms with van der Waals surface area (Å²) in [7, 11) is -3.65. The standard InChI is InChI=1S/C12H18N2O4S2/c1-9(11-4-6-19-8-11)13-20(17,18)14-5-2-3-10(7-14)12(15)16/h4,6,8-10,13H,2-3,5,7H2,1H3,(H,15,16). The molecular weight excluding hydrogens is 300 g/mol. The molecule has 0 saturated carbocycles. The zero-order chi connectivity index (χ0) is 14.8. The summed E-state index contributed by atoms with van der Waals surface area (Å²) in [6, 6.07) is 1.55. The Morgan fingerprint density at radius 2 is 2.35 bits per heavy atom. The smallest absolute Gasteiger partial charge is 0.307 e. The van der Waals surface area contributed by atoms with Crippen LogP contribution < -0.4 is 4.72 Å². The highest BCUT2D eigenvalue weighted by atomic mass is 32.2. The lowest BCUT2D eigenvalue weighted by Crippen LogP contribution is -2.47. The van der Waals surface area contributed by atoms with Crippen LogP contribution >= 0.6 is 11.3 Å². The number of carboxylic acid groups (broad SMARTS) is 1. The fourth-order valence-corrected chi connectivity index (χ4v) is 4.48. The lowest BCUT2D eigenvalue weighted by atomic mass is 10.0. The monoisotopic (exact) mass is 318 g/mol. The molecule has 2 heterocycles. The van der Waals surface area contributed by atoms with E-state index in [2.05, 4.69) is 4.72 Å². The van der Waals surface area contributed by atoms with Crippen molar-refractivity contribution in [1.82, 2.24) is 9.03 Å². The molecule has 0 aliphatic carbocycles. The molecule has 112 valence electrons. The van der Waals surface area contributed by atoms with Crippen LogP contribution in [0.1, 0.15) is 31.4 Å². The lowest BCUT2D eigenvalue weighted by Gasteiger charge is -2.30. The molecule has 2 atom stereocenters. The molecule has 8 heteroatoms. The zero-order valence-electron chi connectivity index (χ0n) is 11.2. The Kier molecular flexibility index (Phi) is 4.79. The normalized spacial score (nSPS) is 22.6. The number of hydrogen-bond acceptors (Lipinski definition) is 4. The average molecular weight is 318 g/mol. The van der Waals surface area contributed by atoms with Gasteiger partial charge >= 0.3 is 5.97 Å². The maximum absolute atomic E-state index is 12.3. The number of thiophene rings is 1. The molecule has 0 radical (unpaired) electrons. The summed E-state index contributed by atoms with van der Waals surface area (Å²) in [5, 5.41) is 12.8. The van der Waals surface area contributed by atoms with Crippen LogP contribution in [0, 0.1) is 5.92 Å².